The molecule has 0 aliphatic heterocycles. The highest BCUT2D eigenvalue weighted by molar-refractivity contribution is 7.09. The maximum absolute atomic E-state index is 12.6. The van der Waals surface area contributed by atoms with E-state index >= 15 is 0 Å². The smallest absolute Gasteiger partial charge is 0.226 e. The summed E-state index contributed by atoms with van der Waals surface area (Å²) in [4.78, 5) is 19.3. The highest BCUT2D eigenvalue weighted by Gasteiger charge is 2.35. The lowest BCUT2D eigenvalue weighted by molar-refractivity contribution is -0.135. The van der Waals surface area contributed by atoms with Crippen molar-refractivity contribution in [3.05, 3.63) is 44.9 Å². The van der Waals surface area contributed by atoms with Crippen molar-refractivity contribution in [3.8, 4) is 5.75 Å². The largest absolute Gasteiger partial charge is 0.486 e. The number of thiazole rings is 1. The van der Waals surface area contributed by atoms with E-state index in [-0.39, 0.29) is 12.0 Å². The monoisotopic (exact) mass is 386 g/mol. The number of nitrogens with zero attached hydrogens (tertiary/aromatic N) is 2. The Kier molecular flexibility index (Phi) is 6.20. The Labute approximate surface area is 166 Å². The van der Waals surface area contributed by atoms with Crippen LogP contribution in [0.1, 0.15) is 60.5 Å². The zero-order valence-corrected chi connectivity index (χ0v) is 17.9. The SMILES string of the molecule is CC[C@@H](C)N(Cc1csc(COc2cc(C)cc(C)c2C)n1)C(=O)C1CC1. The van der Waals surface area contributed by atoms with Crippen molar-refractivity contribution < 1.29 is 9.53 Å². The first kappa shape index (κ1) is 19.9. The zero-order chi connectivity index (χ0) is 19.6. The van der Waals surface area contributed by atoms with Crippen LogP contribution in [0.2, 0.25) is 0 Å². The van der Waals surface area contributed by atoms with Crippen LogP contribution >= 0.6 is 11.3 Å². The summed E-state index contributed by atoms with van der Waals surface area (Å²) in [5.74, 6) is 1.46. The van der Waals surface area contributed by atoms with Crippen LogP contribution in [-0.4, -0.2) is 21.8 Å². The van der Waals surface area contributed by atoms with Gasteiger partial charge >= 0.3 is 0 Å². The quantitative estimate of drug-likeness (QED) is 0.627. The number of carbonyl (C=O) groups excluding carboxylic acids is 1. The summed E-state index contributed by atoms with van der Waals surface area (Å²) >= 11 is 1.61. The number of rotatable bonds is 8. The Morgan fingerprint density at radius 1 is 1.33 bits per heavy atom. The molecule has 0 unspecified atom stereocenters. The fourth-order valence-corrected chi connectivity index (χ4v) is 3.88. The lowest BCUT2D eigenvalue weighted by atomic mass is 10.1. The van der Waals surface area contributed by atoms with Gasteiger partial charge in [-0.3, -0.25) is 4.79 Å². The molecule has 5 heteroatoms. The molecule has 0 saturated heterocycles. The summed E-state index contributed by atoms with van der Waals surface area (Å²) in [6.07, 6.45) is 3.04. The van der Waals surface area contributed by atoms with E-state index in [9.17, 15) is 4.79 Å². The summed E-state index contributed by atoms with van der Waals surface area (Å²) in [5.41, 5.74) is 4.59. The van der Waals surface area contributed by atoms with Crippen LogP contribution in [0.4, 0.5) is 0 Å². The van der Waals surface area contributed by atoms with E-state index in [0.717, 1.165) is 35.7 Å². The van der Waals surface area contributed by atoms with E-state index in [2.05, 4.69) is 52.1 Å². The van der Waals surface area contributed by atoms with Crippen LogP contribution in [0.5, 0.6) is 5.75 Å². The molecular formula is C22H30N2O2S. The van der Waals surface area contributed by atoms with E-state index in [1.165, 1.54) is 16.7 Å². The molecule has 2 aromatic rings. The minimum absolute atomic E-state index is 0.243. The maximum atomic E-state index is 12.6. The second-order valence-electron chi connectivity index (χ2n) is 7.72. The average Bonchev–Trinajstić information content (AvgIpc) is 3.40. The highest BCUT2D eigenvalue weighted by Crippen LogP contribution is 2.32. The first-order chi connectivity index (χ1) is 12.9. The maximum Gasteiger partial charge on any atom is 0.226 e. The Morgan fingerprint density at radius 3 is 2.74 bits per heavy atom. The van der Waals surface area contributed by atoms with Gasteiger partial charge in [0.2, 0.25) is 5.91 Å². The molecule has 1 atom stereocenters. The van der Waals surface area contributed by atoms with Crippen molar-refractivity contribution >= 4 is 17.2 Å². The Hall–Kier alpha value is -1.88. The van der Waals surface area contributed by atoms with Gasteiger partial charge < -0.3 is 9.64 Å². The molecule has 1 heterocycles. The van der Waals surface area contributed by atoms with Crippen molar-refractivity contribution in [1.82, 2.24) is 9.88 Å². The van der Waals surface area contributed by atoms with Gasteiger partial charge in [-0.2, -0.15) is 0 Å². The normalized spacial score (nSPS) is 14.9. The average molecular weight is 387 g/mol. The van der Waals surface area contributed by atoms with Crippen LogP contribution in [0, 0.1) is 26.7 Å². The van der Waals surface area contributed by atoms with Crippen LogP contribution in [0.25, 0.3) is 0 Å². The molecule has 0 N–H and O–H groups in total. The summed E-state index contributed by atoms with van der Waals surface area (Å²) in [7, 11) is 0. The van der Waals surface area contributed by atoms with Gasteiger partial charge in [0.05, 0.1) is 12.2 Å². The first-order valence-electron chi connectivity index (χ1n) is 9.83. The van der Waals surface area contributed by atoms with E-state index in [4.69, 9.17) is 9.72 Å². The summed E-state index contributed by atoms with van der Waals surface area (Å²) in [5, 5.41) is 3.01. The van der Waals surface area contributed by atoms with Crippen LogP contribution < -0.4 is 4.74 Å². The van der Waals surface area contributed by atoms with Crippen molar-refractivity contribution in [2.45, 2.75) is 73.1 Å². The minimum atomic E-state index is 0.243. The summed E-state index contributed by atoms with van der Waals surface area (Å²) in [6, 6.07) is 4.50. The topological polar surface area (TPSA) is 42.4 Å². The van der Waals surface area contributed by atoms with Gasteiger partial charge in [0.15, 0.2) is 0 Å². The Balaban J connectivity index is 1.64. The van der Waals surface area contributed by atoms with Crippen LogP contribution in [-0.2, 0) is 17.9 Å². The number of aromatic nitrogens is 1. The minimum Gasteiger partial charge on any atom is -0.486 e. The van der Waals surface area contributed by atoms with Crippen LogP contribution in [0.15, 0.2) is 17.5 Å². The second-order valence-corrected chi connectivity index (χ2v) is 8.67. The zero-order valence-electron chi connectivity index (χ0n) is 17.0. The number of aryl methyl sites for hydroxylation is 2. The molecule has 0 radical (unpaired) electrons. The van der Waals surface area contributed by atoms with E-state index in [1.54, 1.807) is 11.3 Å². The van der Waals surface area contributed by atoms with Gasteiger partial charge in [0.1, 0.15) is 17.4 Å². The lowest BCUT2D eigenvalue weighted by Crippen LogP contribution is -2.38. The Bertz CT molecular complexity index is 811. The molecule has 27 heavy (non-hydrogen) atoms. The highest BCUT2D eigenvalue weighted by atomic mass is 32.1. The summed E-state index contributed by atoms with van der Waals surface area (Å²) < 4.78 is 6.03. The molecule has 1 saturated carbocycles. The third-order valence-corrected chi connectivity index (χ3v) is 6.25. The van der Waals surface area contributed by atoms with Gasteiger partial charge in [-0.05, 0) is 69.7 Å². The van der Waals surface area contributed by atoms with Crippen molar-refractivity contribution in [1.29, 1.82) is 0 Å². The molecule has 1 aromatic heterocycles. The number of carbonyl (C=O) groups is 1. The third-order valence-electron chi connectivity index (χ3n) is 5.38. The molecule has 0 spiro atoms. The molecule has 1 amide bonds. The molecule has 3 rings (SSSR count). The molecule has 1 aromatic carbocycles. The number of amides is 1. The van der Waals surface area contributed by atoms with E-state index < -0.39 is 0 Å². The van der Waals surface area contributed by atoms with Gasteiger partial charge in [-0.25, -0.2) is 4.98 Å². The number of hydrogen-bond acceptors (Lipinski definition) is 4. The number of ether oxygens (including phenoxy) is 1. The molecule has 1 fully saturated rings. The van der Waals surface area contributed by atoms with Crippen molar-refractivity contribution in [2.75, 3.05) is 0 Å². The number of hydrogen-bond donors (Lipinski definition) is 0. The Morgan fingerprint density at radius 2 is 2.07 bits per heavy atom. The predicted octanol–water partition coefficient (Wildman–Crippen LogP) is 5.18. The molecule has 1 aliphatic carbocycles. The van der Waals surface area contributed by atoms with Crippen molar-refractivity contribution in [2.24, 2.45) is 5.92 Å². The van der Waals surface area contributed by atoms with Gasteiger partial charge in [0.25, 0.3) is 0 Å². The number of benzene rings is 1. The van der Waals surface area contributed by atoms with Crippen molar-refractivity contribution in [3.63, 3.8) is 0 Å². The fourth-order valence-electron chi connectivity index (χ4n) is 3.19. The molecule has 4 nitrogen and oxygen atoms in total. The predicted molar refractivity (Wildman–Crippen MR) is 110 cm³/mol. The second kappa shape index (κ2) is 8.42. The first-order valence-corrected chi connectivity index (χ1v) is 10.7. The molecular weight excluding hydrogens is 356 g/mol. The molecule has 0 bridgehead atoms. The van der Waals surface area contributed by atoms with Gasteiger partial charge in [-0.1, -0.05) is 13.0 Å². The van der Waals surface area contributed by atoms with Gasteiger partial charge in [0, 0.05) is 17.3 Å². The standard InChI is InChI=1S/C22H30N2O2S/c1-6-16(4)24(22(25)18-7-8-18)11-19-13-27-21(23-19)12-26-20-10-14(2)9-15(3)17(20)5/h9-10,13,16,18H,6-8,11-12H2,1-5H3/t16-/m1/s1. The molecule has 146 valence electrons. The van der Waals surface area contributed by atoms with Crippen LogP contribution in [0.3, 0.4) is 0 Å². The lowest BCUT2D eigenvalue weighted by Gasteiger charge is -2.28. The molecule has 1 aliphatic rings. The van der Waals surface area contributed by atoms with Gasteiger partial charge in [-0.15, -0.1) is 11.3 Å². The van der Waals surface area contributed by atoms with E-state index in [0.29, 0.717) is 19.1 Å². The van der Waals surface area contributed by atoms with E-state index in [1.807, 2.05) is 4.90 Å². The fraction of sp³-hybridized carbons (Fsp3) is 0.545. The summed E-state index contributed by atoms with van der Waals surface area (Å²) in [6.45, 7) is 11.6. The third kappa shape index (κ3) is 4.89.